The molecule has 100 valence electrons. The molecule has 1 aromatic carbocycles. The Morgan fingerprint density at radius 1 is 1.25 bits per heavy atom. The Balaban J connectivity index is 2.38. The van der Waals surface area contributed by atoms with E-state index in [0.717, 1.165) is 0 Å². The molecule has 20 heavy (non-hydrogen) atoms. The maximum absolute atomic E-state index is 11.3. The Bertz CT molecular complexity index is 828. The number of fused-ring (bicyclic) bond motifs is 1. The minimum atomic E-state index is -0.506. The van der Waals surface area contributed by atoms with Crippen molar-refractivity contribution in [1.82, 2.24) is 10.2 Å². The lowest BCUT2D eigenvalue weighted by Crippen LogP contribution is -1.97. The van der Waals surface area contributed by atoms with Crippen LogP contribution in [0.15, 0.2) is 45.9 Å². The van der Waals surface area contributed by atoms with Crippen LogP contribution < -0.4 is 10.4 Å². The summed E-state index contributed by atoms with van der Waals surface area (Å²) in [6.45, 7) is 0. The molecule has 0 amide bonds. The molecule has 0 aliphatic carbocycles. The lowest BCUT2D eigenvalue weighted by atomic mass is 10.0. The van der Waals surface area contributed by atoms with Gasteiger partial charge in [0.25, 0.3) is 0 Å². The van der Waals surface area contributed by atoms with Crippen molar-refractivity contribution in [2.24, 2.45) is 0 Å². The van der Waals surface area contributed by atoms with E-state index >= 15 is 0 Å². The van der Waals surface area contributed by atoms with Gasteiger partial charge in [0.1, 0.15) is 0 Å². The van der Waals surface area contributed by atoms with Crippen LogP contribution in [0.25, 0.3) is 22.1 Å². The van der Waals surface area contributed by atoms with E-state index in [0.29, 0.717) is 16.5 Å². The van der Waals surface area contributed by atoms with Gasteiger partial charge in [-0.25, -0.2) is 4.79 Å². The normalized spacial score (nSPS) is 10.7. The van der Waals surface area contributed by atoms with Gasteiger partial charge in [-0.3, -0.25) is 0 Å². The third kappa shape index (κ3) is 1.87. The number of rotatable bonds is 2. The zero-order chi connectivity index (χ0) is 14.1. The average molecular weight is 270 g/mol. The Labute approximate surface area is 113 Å². The Hall–Kier alpha value is -2.89. The van der Waals surface area contributed by atoms with Gasteiger partial charge in [0.15, 0.2) is 11.3 Å². The summed E-state index contributed by atoms with van der Waals surface area (Å²) in [4.78, 5) is 11.3. The van der Waals surface area contributed by atoms with Crippen molar-refractivity contribution < 1.29 is 14.3 Å². The van der Waals surface area contributed by atoms with Crippen molar-refractivity contribution in [3.63, 3.8) is 0 Å². The third-order valence-corrected chi connectivity index (χ3v) is 2.94. The first-order valence-electron chi connectivity index (χ1n) is 5.81. The molecule has 0 saturated heterocycles. The summed E-state index contributed by atoms with van der Waals surface area (Å²) in [5.74, 6) is 0.00867. The molecular formula is C14H10N2O4. The minimum absolute atomic E-state index is 0.109. The van der Waals surface area contributed by atoms with Crippen molar-refractivity contribution in [2.75, 3.05) is 7.11 Å². The van der Waals surface area contributed by atoms with E-state index in [9.17, 15) is 9.90 Å². The number of hydrogen-bond donors (Lipinski definition) is 1. The predicted octanol–water partition coefficient (Wildman–Crippen LogP) is 1.96. The third-order valence-electron chi connectivity index (χ3n) is 2.94. The fraction of sp³-hybridized carbons (Fsp3) is 0.0714. The summed E-state index contributed by atoms with van der Waals surface area (Å²) in [5, 5.41) is 18.4. The highest BCUT2D eigenvalue weighted by atomic mass is 16.5. The smallest absolute Gasteiger partial charge is 0.336 e. The van der Waals surface area contributed by atoms with Crippen molar-refractivity contribution >= 4 is 11.0 Å². The van der Waals surface area contributed by atoms with Crippen molar-refractivity contribution in [1.29, 1.82) is 0 Å². The Morgan fingerprint density at radius 3 is 2.80 bits per heavy atom. The molecule has 0 unspecified atom stereocenters. The second-order valence-electron chi connectivity index (χ2n) is 4.11. The monoisotopic (exact) mass is 270 g/mol. The lowest BCUT2D eigenvalue weighted by molar-refractivity contribution is 0.370. The number of benzene rings is 1. The molecule has 0 fully saturated rings. The molecule has 6 nitrogen and oxygen atoms in total. The van der Waals surface area contributed by atoms with Crippen molar-refractivity contribution in [2.45, 2.75) is 0 Å². The molecule has 0 aliphatic rings. The van der Waals surface area contributed by atoms with Gasteiger partial charge in [-0.15, -0.1) is 0 Å². The fourth-order valence-corrected chi connectivity index (χ4v) is 2.03. The van der Waals surface area contributed by atoms with E-state index in [1.165, 1.54) is 25.6 Å². The average Bonchev–Trinajstić information content (AvgIpc) is 2.48. The van der Waals surface area contributed by atoms with Gasteiger partial charge >= 0.3 is 5.63 Å². The van der Waals surface area contributed by atoms with Crippen LogP contribution in [0, 0.1) is 0 Å². The van der Waals surface area contributed by atoms with Crippen LogP contribution in [0.5, 0.6) is 11.5 Å². The number of aromatic hydroxyl groups is 1. The second-order valence-corrected chi connectivity index (χ2v) is 4.11. The first-order chi connectivity index (χ1) is 9.70. The van der Waals surface area contributed by atoms with E-state index in [2.05, 4.69) is 10.2 Å². The van der Waals surface area contributed by atoms with E-state index in [4.69, 9.17) is 9.15 Å². The van der Waals surface area contributed by atoms with Gasteiger partial charge in [0.05, 0.1) is 19.5 Å². The quantitative estimate of drug-likeness (QED) is 0.716. The van der Waals surface area contributed by atoms with Crippen LogP contribution in [0.4, 0.5) is 0 Å². The van der Waals surface area contributed by atoms with E-state index in [-0.39, 0.29) is 17.1 Å². The molecule has 0 aliphatic heterocycles. The largest absolute Gasteiger partial charge is 0.504 e. The van der Waals surface area contributed by atoms with E-state index in [1.807, 2.05) is 0 Å². The van der Waals surface area contributed by atoms with Crippen LogP contribution >= 0.6 is 0 Å². The van der Waals surface area contributed by atoms with E-state index in [1.54, 1.807) is 18.2 Å². The van der Waals surface area contributed by atoms with Crippen molar-refractivity contribution in [3.8, 4) is 22.6 Å². The highest BCUT2D eigenvalue weighted by Crippen LogP contribution is 2.42. The van der Waals surface area contributed by atoms with Crippen LogP contribution in [0.1, 0.15) is 0 Å². The summed E-state index contributed by atoms with van der Waals surface area (Å²) in [6.07, 6.45) is 3.05. The zero-order valence-electron chi connectivity index (χ0n) is 10.5. The molecule has 0 spiro atoms. The lowest BCUT2D eigenvalue weighted by Gasteiger charge is -2.11. The summed E-state index contributed by atoms with van der Waals surface area (Å²) in [6, 6.07) is 6.34. The number of ether oxygens (including phenoxy) is 1. The van der Waals surface area contributed by atoms with Crippen LogP contribution in [0.2, 0.25) is 0 Å². The maximum atomic E-state index is 11.3. The first kappa shape index (κ1) is 12.2. The molecule has 2 aromatic heterocycles. The standard InChI is InChI=1S/C14H10N2O4/c1-19-14-12(18)10(9-4-5-15-16-7-9)6-8-2-3-11(17)20-13(8)14/h2-7,18H,1H3. The number of methoxy groups -OCH3 is 1. The number of hydrogen-bond acceptors (Lipinski definition) is 6. The number of phenols is 1. The number of nitrogens with zero attached hydrogens (tertiary/aromatic N) is 2. The summed E-state index contributed by atoms with van der Waals surface area (Å²) >= 11 is 0. The molecule has 2 heterocycles. The molecule has 0 radical (unpaired) electrons. The van der Waals surface area contributed by atoms with Crippen LogP contribution in [-0.4, -0.2) is 22.4 Å². The molecule has 3 rings (SSSR count). The van der Waals surface area contributed by atoms with Crippen LogP contribution in [-0.2, 0) is 0 Å². The highest BCUT2D eigenvalue weighted by Gasteiger charge is 2.17. The Morgan fingerprint density at radius 2 is 2.10 bits per heavy atom. The molecule has 1 N–H and O–H groups in total. The number of aromatic nitrogens is 2. The zero-order valence-corrected chi connectivity index (χ0v) is 10.5. The maximum Gasteiger partial charge on any atom is 0.336 e. The summed E-state index contributed by atoms with van der Waals surface area (Å²) in [7, 11) is 1.40. The molecular weight excluding hydrogens is 260 g/mol. The molecule has 3 aromatic rings. The molecule has 0 atom stereocenters. The van der Waals surface area contributed by atoms with Gasteiger partial charge in [-0.2, -0.15) is 10.2 Å². The predicted molar refractivity (Wildman–Crippen MR) is 71.7 cm³/mol. The van der Waals surface area contributed by atoms with Crippen molar-refractivity contribution in [3.05, 3.63) is 47.1 Å². The van der Waals surface area contributed by atoms with Gasteiger partial charge in [-0.1, -0.05) is 0 Å². The number of phenolic OH excluding ortho intramolecular Hbond substituents is 1. The summed E-state index contributed by atoms with van der Waals surface area (Å²) in [5.41, 5.74) is 0.916. The highest BCUT2D eigenvalue weighted by molar-refractivity contribution is 5.92. The minimum Gasteiger partial charge on any atom is -0.504 e. The van der Waals surface area contributed by atoms with Crippen LogP contribution in [0.3, 0.4) is 0 Å². The van der Waals surface area contributed by atoms with Gasteiger partial charge < -0.3 is 14.3 Å². The summed E-state index contributed by atoms with van der Waals surface area (Å²) < 4.78 is 10.2. The van der Waals surface area contributed by atoms with Gasteiger partial charge in [-0.05, 0) is 18.2 Å². The second kappa shape index (κ2) is 4.65. The topological polar surface area (TPSA) is 85.5 Å². The van der Waals surface area contributed by atoms with Gasteiger partial charge in [0, 0.05) is 22.6 Å². The Kier molecular flexibility index (Phi) is 2.83. The van der Waals surface area contributed by atoms with E-state index < -0.39 is 5.63 Å². The molecule has 0 saturated carbocycles. The molecule has 0 bridgehead atoms. The SMILES string of the molecule is COc1c(O)c(-c2ccnnc2)cc2ccc(=O)oc12. The fourth-order valence-electron chi connectivity index (χ4n) is 2.03. The van der Waals surface area contributed by atoms with Gasteiger partial charge in [0.2, 0.25) is 5.75 Å². The molecule has 6 heteroatoms. The first-order valence-corrected chi connectivity index (χ1v) is 5.81.